The zero-order chi connectivity index (χ0) is 17.3. The first kappa shape index (κ1) is 16.5. The van der Waals surface area contributed by atoms with Crippen LogP contribution in [0, 0.1) is 0 Å². The van der Waals surface area contributed by atoms with E-state index in [0.717, 1.165) is 17.7 Å². The number of carbonyl (C=O) groups is 1. The first-order valence-corrected chi connectivity index (χ1v) is 8.06. The quantitative estimate of drug-likeness (QED) is 0.859. The van der Waals surface area contributed by atoms with Crippen LogP contribution in [0.25, 0.3) is 0 Å². The van der Waals surface area contributed by atoms with Gasteiger partial charge in [0.1, 0.15) is 0 Å². The van der Waals surface area contributed by atoms with Crippen LogP contribution in [0.15, 0.2) is 42.5 Å². The van der Waals surface area contributed by atoms with Crippen molar-refractivity contribution in [3.05, 3.63) is 59.2 Å². The molecule has 1 heterocycles. The van der Waals surface area contributed by atoms with Gasteiger partial charge in [0.15, 0.2) is 17.3 Å². The number of hydrogen-bond donors (Lipinski definition) is 0. The van der Waals surface area contributed by atoms with Gasteiger partial charge in [-0.15, -0.1) is 0 Å². The molecular weight excluding hydrogens is 302 g/mol. The number of fused-ring (bicyclic) bond motifs is 1. The van der Waals surface area contributed by atoms with E-state index in [1.54, 1.807) is 20.3 Å². The molecule has 0 amide bonds. The van der Waals surface area contributed by atoms with E-state index in [4.69, 9.17) is 9.47 Å². The number of rotatable bonds is 4. The van der Waals surface area contributed by atoms with Crippen LogP contribution in [0.3, 0.4) is 0 Å². The average molecular weight is 325 g/mol. The molecule has 2 aromatic carbocycles. The highest BCUT2D eigenvalue weighted by molar-refractivity contribution is 6.05. The summed E-state index contributed by atoms with van der Waals surface area (Å²) in [4.78, 5) is 15.3. The van der Waals surface area contributed by atoms with Gasteiger partial charge in [0.2, 0.25) is 0 Å². The Hall–Kier alpha value is -2.33. The number of methoxy groups -OCH3 is 2. The molecule has 0 saturated carbocycles. The fourth-order valence-corrected chi connectivity index (χ4v) is 3.20. The molecule has 0 spiro atoms. The lowest BCUT2D eigenvalue weighted by molar-refractivity contribution is 0.0535. The van der Waals surface area contributed by atoms with E-state index >= 15 is 0 Å². The molecule has 0 bridgehead atoms. The Morgan fingerprint density at radius 2 is 1.67 bits per heavy atom. The highest BCUT2D eigenvalue weighted by Crippen LogP contribution is 2.38. The van der Waals surface area contributed by atoms with E-state index in [1.807, 2.05) is 38.1 Å². The topological polar surface area (TPSA) is 38.8 Å². The monoisotopic (exact) mass is 325 g/mol. The summed E-state index contributed by atoms with van der Waals surface area (Å²) in [6.07, 6.45) is 0. The molecule has 0 atom stereocenters. The van der Waals surface area contributed by atoms with E-state index in [0.29, 0.717) is 18.0 Å². The van der Waals surface area contributed by atoms with Gasteiger partial charge in [-0.2, -0.15) is 0 Å². The minimum atomic E-state index is -0.567. The van der Waals surface area contributed by atoms with Gasteiger partial charge in [-0.3, -0.25) is 9.69 Å². The number of carbonyl (C=O) groups excluding carboxylic acids is 1. The summed E-state index contributed by atoms with van der Waals surface area (Å²) >= 11 is 0. The normalized spacial score (nSPS) is 16.6. The molecule has 2 aromatic rings. The van der Waals surface area contributed by atoms with E-state index in [1.165, 1.54) is 5.56 Å². The standard InChI is InChI=1S/C20H23NO3/c1-20(2)19(22)16-11-18(24-4)17(23-3)10-15(16)13-21(20)12-14-8-6-5-7-9-14/h5-11H,12-13H2,1-4H3. The van der Waals surface area contributed by atoms with Crippen LogP contribution < -0.4 is 9.47 Å². The van der Waals surface area contributed by atoms with Crippen LogP contribution in [0.4, 0.5) is 0 Å². The van der Waals surface area contributed by atoms with Crippen LogP contribution in [-0.2, 0) is 13.1 Å². The predicted octanol–water partition coefficient (Wildman–Crippen LogP) is 3.68. The van der Waals surface area contributed by atoms with Crippen molar-refractivity contribution in [1.29, 1.82) is 0 Å². The smallest absolute Gasteiger partial charge is 0.182 e. The Kier molecular flexibility index (Phi) is 4.33. The van der Waals surface area contributed by atoms with Gasteiger partial charge in [0, 0.05) is 18.7 Å². The summed E-state index contributed by atoms with van der Waals surface area (Å²) in [6.45, 7) is 5.40. The van der Waals surface area contributed by atoms with Gasteiger partial charge in [-0.25, -0.2) is 0 Å². The van der Waals surface area contributed by atoms with Gasteiger partial charge in [0.25, 0.3) is 0 Å². The molecule has 0 fully saturated rings. The molecule has 24 heavy (non-hydrogen) atoms. The number of nitrogens with zero attached hydrogens (tertiary/aromatic N) is 1. The molecule has 4 heteroatoms. The Balaban J connectivity index is 2.00. The summed E-state index contributed by atoms with van der Waals surface area (Å²) in [5, 5.41) is 0. The third kappa shape index (κ3) is 2.78. The highest BCUT2D eigenvalue weighted by atomic mass is 16.5. The molecule has 0 aromatic heterocycles. The van der Waals surface area contributed by atoms with Crippen LogP contribution in [0.1, 0.15) is 35.3 Å². The lowest BCUT2D eigenvalue weighted by Crippen LogP contribution is -2.52. The van der Waals surface area contributed by atoms with Crippen LogP contribution >= 0.6 is 0 Å². The Morgan fingerprint density at radius 1 is 1.04 bits per heavy atom. The zero-order valence-electron chi connectivity index (χ0n) is 14.6. The van der Waals surface area contributed by atoms with Crippen molar-refractivity contribution in [2.24, 2.45) is 0 Å². The fraction of sp³-hybridized carbons (Fsp3) is 0.350. The maximum Gasteiger partial charge on any atom is 0.182 e. The predicted molar refractivity (Wildman–Crippen MR) is 93.6 cm³/mol. The van der Waals surface area contributed by atoms with Crippen molar-refractivity contribution in [2.75, 3.05) is 14.2 Å². The number of hydrogen-bond acceptors (Lipinski definition) is 4. The second-order valence-electron chi connectivity index (χ2n) is 6.59. The molecule has 1 aliphatic rings. The highest BCUT2D eigenvalue weighted by Gasteiger charge is 2.41. The molecule has 3 rings (SSSR count). The molecule has 126 valence electrons. The maximum absolute atomic E-state index is 13.1. The Morgan fingerprint density at radius 3 is 2.29 bits per heavy atom. The summed E-state index contributed by atoms with van der Waals surface area (Å²) in [6, 6.07) is 13.9. The number of benzene rings is 2. The third-order valence-electron chi connectivity index (χ3n) is 4.78. The van der Waals surface area contributed by atoms with E-state index in [-0.39, 0.29) is 5.78 Å². The van der Waals surface area contributed by atoms with Crippen molar-refractivity contribution < 1.29 is 14.3 Å². The Labute approximate surface area is 143 Å². The summed E-state index contributed by atoms with van der Waals surface area (Å²) in [5.74, 6) is 1.36. The molecule has 4 nitrogen and oxygen atoms in total. The lowest BCUT2D eigenvalue weighted by atomic mass is 9.83. The Bertz CT molecular complexity index is 753. The summed E-state index contributed by atoms with van der Waals surface area (Å²) in [7, 11) is 3.20. The van der Waals surface area contributed by atoms with E-state index < -0.39 is 5.54 Å². The lowest BCUT2D eigenvalue weighted by Gasteiger charge is -2.42. The third-order valence-corrected chi connectivity index (χ3v) is 4.78. The minimum Gasteiger partial charge on any atom is -0.493 e. The SMILES string of the molecule is COc1cc2c(cc1OC)C(=O)C(C)(C)N(Cc1ccccc1)C2. The average Bonchev–Trinajstić information content (AvgIpc) is 2.59. The van der Waals surface area contributed by atoms with Crippen molar-refractivity contribution >= 4 is 5.78 Å². The second kappa shape index (κ2) is 6.29. The summed E-state index contributed by atoms with van der Waals surface area (Å²) in [5.41, 5.74) is 2.33. The van der Waals surface area contributed by atoms with Crippen molar-refractivity contribution in [3.8, 4) is 11.5 Å². The maximum atomic E-state index is 13.1. The molecular formula is C20H23NO3. The number of Topliss-reactive ketones (excluding diaryl/α,β-unsaturated/α-hetero) is 1. The second-order valence-corrected chi connectivity index (χ2v) is 6.59. The van der Waals surface area contributed by atoms with Gasteiger partial charge >= 0.3 is 0 Å². The molecule has 0 aliphatic carbocycles. The van der Waals surface area contributed by atoms with E-state index in [2.05, 4.69) is 17.0 Å². The fourth-order valence-electron chi connectivity index (χ4n) is 3.20. The van der Waals surface area contributed by atoms with Crippen molar-refractivity contribution in [1.82, 2.24) is 4.90 Å². The number of ether oxygens (including phenoxy) is 2. The molecule has 1 aliphatic heterocycles. The number of ketones is 1. The molecule has 0 saturated heterocycles. The van der Waals surface area contributed by atoms with E-state index in [9.17, 15) is 4.79 Å². The van der Waals surface area contributed by atoms with Crippen LogP contribution in [-0.4, -0.2) is 30.4 Å². The van der Waals surface area contributed by atoms with Gasteiger partial charge in [-0.1, -0.05) is 30.3 Å². The van der Waals surface area contributed by atoms with Gasteiger partial charge < -0.3 is 9.47 Å². The minimum absolute atomic E-state index is 0.112. The largest absolute Gasteiger partial charge is 0.493 e. The van der Waals surface area contributed by atoms with Gasteiger partial charge in [0.05, 0.1) is 19.8 Å². The molecule has 0 radical (unpaired) electrons. The van der Waals surface area contributed by atoms with Gasteiger partial charge in [-0.05, 0) is 37.1 Å². The van der Waals surface area contributed by atoms with Crippen molar-refractivity contribution in [3.63, 3.8) is 0 Å². The zero-order valence-corrected chi connectivity index (χ0v) is 14.6. The molecule has 0 N–H and O–H groups in total. The van der Waals surface area contributed by atoms with Crippen LogP contribution in [0.5, 0.6) is 11.5 Å². The first-order valence-electron chi connectivity index (χ1n) is 8.06. The summed E-state index contributed by atoms with van der Waals surface area (Å²) < 4.78 is 10.7. The first-order chi connectivity index (χ1) is 11.5. The van der Waals surface area contributed by atoms with Crippen LogP contribution in [0.2, 0.25) is 0 Å². The van der Waals surface area contributed by atoms with Crippen molar-refractivity contribution in [2.45, 2.75) is 32.5 Å². The molecule has 0 unspecified atom stereocenters.